The van der Waals surface area contributed by atoms with Gasteiger partial charge in [-0.1, -0.05) is 23.9 Å². The molecule has 3 nitrogen and oxygen atoms in total. The fourth-order valence-electron chi connectivity index (χ4n) is 1.43. The lowest BCUT2D eigenvalue weighted by Crippen LogP contribution is -2.00. The summed E-state index contributed by atoms with van der Waals surface area (Å²) in [5, 5.41) is 11.6. The molecule has 0 saturated carbocycles. The van der Waals surface area contributed by atoms with E-state index in [0.29, 0.717) is 12.4 Å². The highest BCUT2D eigenvalue weighted by Crippen LogP contribution is 2.22. The molecule has 15 heavy (non-hydrogen) atoms. The molecular formula is C12H15NO2. The molecule has 0 atom stereocenters. The third-order valence-electron chi connectivity index (χ3n) is 2.04. The van der Waals surface area contributed by atoms with Gasteiger partial charge in [-0.3, -0.25) is 0 Å². The van der Waals surface area contributed by atoms with Gasteiger partial charge in [0.25, 0.3) is 0 Å². The summed E-state index contributed by atoms with van der Waals surface area (Å²) in [6.45, 7) is 7.97. The Bertz CT molecular complexity index is 383. The highest BCUT2D eigenvalue weighted by atomic mass is 16.5. The molecule has 0 unspecified atom stereocenters. The molecule has 0 radical (unpaired) electrons. The van der Waals surface area contributed by atoms with Crippen molar-refractivity contribution in [3.63, 3.8) is 0 Å². The van der Waals surface area contributed by atoms with E-state index in [4.69, 9.17) is 9.94 Å². The van der Waals surface area contributed by atoms with Crippen LogP contribution in [0.2, 0.25) is 0 Å². The van der Waals surface area contributed by atoms with Gasteiger partial charge in [0.2, 0.25) is 0 Å². The van der Waals surface area contributed by atoms with E-state index in [0.717, 1.165) is 16.7 Å². The Morgan fingerprint density at radius 1 is 1.47 bits per heavy atom. The molecular weight excluding hydrogens is 190 g/mol. The van der Waals surface area contributed by atoms with E-state index >= 15 is 0 Å². The molecule has 1 N–H and O–H groups in total. The molecule has 0 heterocycles. The first-order valence-corrected chi connectivity index (χ1v) is 4.71. The van der Waals surface area contributed by atoms with Crippen molar-refractivity contribution in [3.05, 3.63) is 41.5 Å². The topological polar surface area (TPSA) is 41.8 Å². The average Bonchev–Trinajstić information content (AvgIpc) is 2.19. The zero-order chi connectivity index (χ0) is 11.3. The Hall–Kier alpha value is -1.77. The predicted molar refractivity (Wildman–Crippen MR) is 61.0 cm³/mol. The van der Waals surface area contributed by atoms with Gasteiger partial charge < -0.3 is 9.94 Å². The monoisotopic (exact) mass is 205 g/mol. The predicted octanol–water partition coefficient (Wildman–Crippen LogP) is 2.68. The molecule has 0 fully saturated rings. The molecule has 0 spiro atoms. The van der Waals surface area contributed by atoms with Crippen molar-refractivity contribution < 1.29 is 9.94 Å². The van der Waals surface area contributed by atoms with E-state index in [-0.39, 0.29) is 0 Å². The molecule has 0 aliphatic carbocycles. The molecule has 0 aromatic heterocycles. The van der Waals surface area contributed by atoms with Gasteiger partial charge in [0.1, 0.15) is 12.4 Å². The van der Waals surface area contributed by atoms with Crippen LogP contribution in [-0.4, -0.2) is 18.0 Å². The number of aryl methyl sites for hydroxylation is 2. The second-order valence-corrected chi connectivity index (χ2v) is 3.34. The number of oxime groups is 1. The van der Waals surface area contributed by atoms with Crippen LogP contribution in [0.3, 0.4) is 0 Å². The SMILES string of the molecule is C=CCOc1cc(C)cc(C)c1/C=N/O. The molecule has 0 amide bonds. The van der Waals surface area contributed by atoms with Crippen molar-refractivity contribution in [3.8, 4) is 5.75 Å². The number of benzene rings is 1. The number of rotatable bonds is 4. The minimum absolute atomic E-state index is 0.440. The van der Waals surface area contributed by atoms with Crippen molar-refractivity contribution in [2.45, 2.75) is 13.8 Å². The summed E-state index contributed by atoms with van der Waals surface area (Å²) in [6, 6.07) is 3.92. The largest absolute Gasteiger partial charge is 0.489 e. The molecule has 80 valence electrons. The Morgan fingerprint density at radius 3 is 2.80 bits per heavy atom. The standard InChI is InChI=1S/C12H15NO2/c1-4-5-15-12-7-9(2)6-10(3)11(12)8-13-14/h4,6-8,14H,1,5H2,2-3H3/b13-8+. The van der Waals surface area contributed by atoms with Gasteiger partial charge in [0.05, 0.1) is 6.21 Å². The Labute approximate surface area is 89.7 Å². The molecule has 1 aromatic carbocycles. The smallest absolute Gasteiger partial charge is 0.129 e. The number of hydrogen-bond donors (Lipinski definition) is 1. The van der Waals surface area contributed by atoms with Gasteiger partial charge >= 0.3 is 0 Å². The third-order valence-corrected chi connectivity index (χ3v) is 2.04. The van der Waals surface area contributed by atoms with Crippen LogP contribution in [-0.2, 0) is 0 Å². The summed E-state index contributed by atoms with van der Waals surface area (Å²) in [6.07, 6.45) is 3.06. The van der Waals surface area contributed by atoms with Gasteiger partial charge in [-0.15, -0.1) is 0 Å². The maximum atomic E-state index is 8.56. The second-order valence-electron chi connectivity index (χ2n) is 3.34. The minimum atomic E-state index is 0.440. The minimum Gasteiger partial charge on any atom is -0.489 e. The van der Waals surface area contributed by atoms with Gasteiger partial charge in [-0.25, -0.2) is 0 Å². The zero-order valence-electron chi connectivity index (χ0n) is 9.03. The van der Waals surface area contributed by atoms with E-state index in [1.807, 2.05) is 26.0 Å². The van der Waals surface area contributed by atoms with Crippen molar-refractivity contribution in [1.29, 1.82) is 0 Å². The van der Waals surface area contributed by atoms with E-state index in [2.05, 4.69) is 11.7 Å². The summed E-state index contributed by atoms with van der Waals surface area (Å²) in [5.41, 5.74) is 2.93. The quantitative estimate of drug-likeness (QED) is 0.355. The maximum absolute atomic E-state index is 8.56. The van der Waals surface area contributed by atoms with Crippen LogP contribution in [0.25, 0.3) is 0 Å². The summed E-state index contributed by atoms with van der Waals surface area (Å²) >= 11 is 0. The van der Waals surface area contributed by atoms with Gasteiger partial charge in [-0.2, -0.15) is 0 Å². The number of hydrogen-bond acceptors (Lipinski definition) is 3. The Balaban J connectivity index is 3.13. The Morgan fingerprint density at radius 2 is 2.20 bits per heavy atom. The van der Waals surface area contributed by atoms with E-state index in [1.165, 1.54) is 6.21 Å². The van der Waals surface area contributed by atoms with Gasteiger partial charge in [0, 0.05) is 5.56 Å². The van der Waals surface area contributed by atoms with Crippen LogP contribution in [0, 0.1) is 13.8 Å². The highest BCUT2D eigenvalue weighted by Gasteiger charge is 2.05. The first-order chi connectivity index (χ1) is 7.19. The highest BCUT2D eigenvalue weighted by molar-refractivity contribution is 5.85. The summed E-state index contributed by atoms with van der Waals surface area (Å²) in [7, 11) is 0. The average molecular weight is 205 g/mol. The van der Waals surface area contributed by atoms with E-state index in [9.17, 15) is 0 Å². The first kappa shape index (κ1) is 11.3. The second kappa shape index (κ2) is 5.20. The molecule has 0 bridgehead atoms. The van der Waals surface area contributed by atoms with Crippen molar-refractivity contribution in [2.75, 3.05) is 6.61 Å². The van der Waals surface area contributed by atoms with Gasteiger partial charge in [0.15, 0.2) is 0 Å². The van der Waals surface area contributed by atoms with Crippen molar-refractivity contribution >= 4 is 6.21 Å². The van der Waals surface area contributed by atoms with Crippen LogP contribution in [0.1, 0.15) is 16.7 Å². The molecule has 1 aromatic rings. The van der Waals surface area contributed by atoms with Crippen molar-refractivity contribution in [1.82, 2.24) is 0 Å². The molecule has 0 saturated heterocycles. The van der Waals surface area contributed by atoms with Crippen LogP contribution in [0.4, 0.5) is 0 Å². The maximum Gasteiger partial charge on any atom is 0.129 e. The molecule has 0 aliphatic heterocycles. The van der Waals surface area contributed by atoms with E-state index < -0.39 is 0 Å². The zero-order valence-corrected chi connectivity index (χ0v) is 9.03. The van der Waals surface area contributed by atoms with Crippen LogP contribution >= 0.6 is 0 Å². The normalized spacial score (nSPS) is 10.5. The van der Waals surface area contributed by atoms with Crippen LogP contribution < -0.4 is 4.74 Å². The molecule has 0 aliphatic rings. The summed E-state index contributed by atoms with van der Waals surface area (Å²) in [5.74, 6) is 0.713. The van der Waals surface area contributed by atoms with Crippen LogP contribution in [0.5, 0.6) is 5.75 Å². The van der Waals surface area contributed by atoms with Crippen molar-refractivity contribution in [2.24, 2.45) is 5.16 Å². The lowest BCUT2D eigenvalue weighted by molar-refractivity contribution is 0.321. The lowest BCUT2D eigenvalue weighted by Gasteiger charge is -2.10. The van der Waals surface area contributed by atoms with E-state index in [1.54, 1.807) is 6.08 Å². The van der Waals surface area contributed by atoms with Crippen LogP contribution in [0.15, 0.2) is 29.9 Å². The first-order valence-electron chi connectivity index (χ1n) is 4.71. The lowest BCUT2D eigenvalue weighted by atomic mass is 10.1. The number of ether oxygens (including phenoxy) is 1. The Kier molecular flexibility index (Phi) is 3.92. The summed E-state index contributed by atoms with van der Waals surface area (Å²) < 4.78 is 5.48. The fraction of sp³-hybridized carbons (Fsp3) is 0.250. The number of nitrogens with zero attached hydrogens (tertiary/aromatic N) is 1. The van der Waals surface area contributed by atoms with Gasteiger partial charge in [-0.05, 0) is 31.0 Å². The molecule has 1 rings (SSSR count). The third kappa shape index (κ3) is 2.84. The fourth-order valence-corrected chi connectivity index (χ4v) is 1.43. The molecule has 3 heteroatoms. The summed E-state index contributed by atoms with van der Waals surface area (Å²) in [4.78, 5) is 0.